The highest BCUT2D eigenvalue weighted by Crippen LogP contribution is 2.17. The van der Waals surface area contributed by atoms with Crippen molar-refractivity contribution in [3.8, 4) is 0 Å². The van der Waals surface area contributed by atoms with Crippen molar-refractivity contribution in [2.45, 2.75) is 57.4 Å². The Morgan fingerprint density at radius 2 is 1.22 bits per heavy atom. The normalized spacial score (nSPS) is 14.1. The Balaban J connectivity index is 1.45. The maximum Gasteiger partial charge on any atom is 0.239 e. The Kier molecular flexibility index (Phi) is 15.0. The van der Waals surface area contributed by atoms with Gasteiger partial charge in [-0.05, 0) is 25.8 Å². The first-order valence-electron chi connectivity index (χ1n) is 13.0. The summed E-state index contributed by atoms with van der Waals surface area (Å²) in [6.07, 6.45) is 9.79. The summed E-state index contributed by atoms with van der Waals surface area (Å²) in [5, 5.41) is 13.3. The van der Waals surface area contributed by atoms with E-state index >= 15 is 0 Å². The minimum atomic E-state index is -0.552. The molecule has 2 rings (SSSR count). The van der Waals surface area contributed by atoms with E-state index in [0.29, 0.717) is 18.2 Å². The lowest BCUT2D eigenvalue weighted by Crippen LogP contribution is -2.44. The van der Waals surface area contributed by atoms with Gasteiger partial charge < -0.3 is 26.6 Å². The molecule has 1 aliphatic carbocycles. The number of carbonyl (C=O) groups excluding carboxylic acids is 5. The van der Waals surface area contributed by atoms with Crippen molar-refractivity contribution < 1.29 is 24.0 Å². The van der Waals surface area contributed by atoms with Crippen LogP contribution in [0.2, 0.25) is 0 Å². The van der Waals surface area contributed by atoms with Crippen molar-refractivity contribution in [1.82, 2.24) is 26.6 Å². The van der Waals surface area contributed by atoms with E-state index in [2.05, 4.69) is 26.6 Å². The minimum Gasteiger partial charge on any atom is -0.355 e. The number of amides is 4. The summed E-state index contributed by atoms with van der Waals surface area (Å²) in [6.45, 7) is 0.576. The Morgan fingerprint density at radius 1 is 0.676 bits per heavy atom. The fraction of sp³-hybridized carbons (Fsp3) is 0.577. The van der Waals surface area contributed by atoms with E-state index < -0.39 is 17.7 Å². The highest BCUT2D eigenvalue weighted by Gasteiger charge is 2.13. The van der Waals surface area contributed by atoms with Crippen LogP contribution >= 0.6 is 11.8 Å². The first-order chi connectivity index (χ1) is 17.9. The molecule has 0 atom stereocenters. The number of nitrogens with one attached hydrogen (secondary N) is 5. The summed E-state index contributed by atoms with van der Waals surface area (Å²) in [5.41, 5.74) is 0.495. The fourth-order valence-electron chi connectivity index (χ4n) is 3.85. The summed E-state index contributed by atoms with van der Waals surface area (Å²) in [4.78, 5) is 59.4. The average Bonchev–Trinajstić information content (AvgIpc) is 2.89. The van der Waals surface area contributed by atoms with Crippen LogP contribution in [0.25, 0.3) is 0 Å². The van der Waals surface area contributed by atoms with Gasteiger partial charge in [-0.3, -0.25) is 24.0 Å². The van der Waals surface area contributed by atoms with Gasteiger partial charge in [0, 0.05) is 18.2 Å². The van der Waals surface area contributed by atoms with Gasteiger partial charge in [-0.25, -0.2) is 0 Å². The zero-order valence-electron chi connectivity index (χ0n) is 21.3. The van der Waals surface area contributed by atoms with Gasteiger partial charge in [-0.1, -0.05) is 74.2 Å². The molecule has 1 saturated carbocycles. The van der Waals surface area contributed by atoms with E-state index in [1.165, 1.54) is 44.9 Å². The van der Waals surface area contributed by atoms with E-state index in [9.17, 15) is 24.0 Å². The number of carbonyl (C=O) groups is 5. The molecule has 11 heteroatoms. The second-order valence-corrected chi connectivity index (χ2v) is 9.92. The van der Waals surface area contributed by atoms with Gasteiger partial charge in [0.25, 0.3) is 0 Å². The van der Waals surface area contributed by atoms with E-state index in [1.54, 1.807) is 30.3 Å². The lowest BCUT2D eigenvalue weighted by molar-refractivity contribution is -0.128. The van der Waals surface area contributed by atoms with E-state index in [1.807, 2.05) is 0 Å². The molecule has 1 fully saturated rings. The molecule has 0 spiro atoms. The first kappa shape index (κ1) is 30.3. The topological polar surface area (TPSA) is 146 Å². The van der Waals surface area contributed by atoms with Crippen LogP contribution in [0, 0.1) is 0 Å². The fourth-order valence-corrected chi connectivity index (χ4v) is 4.51. The molecule has 204 valence electrons. The Hall–Kier alpha value is -2.92. The molecular weight excluding hydrogens is 494 g/mol. The van der Waals surface area contributed by atoms with Crippen molar-refractivity contribution in [2.75, 3.05) is 38.5 Å². The molecule has 0 bridgehead atoms. The van der Waals surface area contributed by atoms with E-state index in [0.717, 1.165) is 24.7 Å². The van der Waals surface area contributed by atoms with Crippen LogP contribution in [0.1, 0.15) is 61.7 Å². The molecule has 37 heavy (non-hydrogen) atoms. The molecule has 0 saturated heterocycles. The second-order valence-electron chi connectivity index (χ2n) is 8.97. The molecule has 0 radical (unpaired) electrons. The maximum absolute atomic E-state index is 12.0. The molecule has 0 aromatic heterocycles. The molecular formula is C26H39N5O5S. The van der Waals surface area contributed by atoms with Gasteiger partial charge >= 0.3 is 0 Å². The number of thioether (sulfide) groups is 1. The van der Waals surface area contributed by atoms with Gasteiger partial charge in [-0.2, -0.15) is 0 Å². The molecule has 0 unspecified atom stereocenters. The number of hydrogen-bond acceptors (Lipinski definition) is 7. The van der Waals surface area contributed by atoms with Crippen molar-refractivity contribution >= 4 is 40.5 Å². The highest BCUT2D eigenvalue weighted by molar-refractivity contribution is 8.14. The van der Waals surface area contributed by atoms with Gasteiger partial charge in [0.05, 0.1) is 25.4 Å². The van der Waals surface area contributed by atoms with Crippen molar-refractivity contribution in [3.63, 3.8) is 0 Å². The smallest absolute Gasteiger partial charge is 0.239 e. The molecule has 0 aliphatic heterocycles. The van der Waals surface area contributed by atoms with Crippen molar-refractivity contribution in [1.29, 1.82) is 0 Å². The third kappa shape index (κ3) is 14.4. The van der Waals surface area contributed by atoms with Crippen LogP contribution < -0.4 is 26.6 Å². The van der Waals surface area contributed by atoms with Gasteiger partial charge in [0.1, 0.15) is 0 Å². The Labute approximate surface area is 222 Å². The van der Waals surface area contributed by atoms with Crippen LogP contribution in [0.3, 0.4) is 0 Å². The number of benzene rings is 1. The summed E-state index contributed by atoms with van der Waals surface area (Å²) in [5.74, 6) is -1.94. The number of rotatable bonds is 14. The summed E-state index contributed by atoms with van der Waals surface area (Å²) < 4.78 is 0. The highest BCUT2D eigenvalue weighted by atomic mass is 32.2. The van der Waals surface area contributed by atoms with Gasteiger partial charge in [0.2, 0.25) is 28.7 Å². The summed E-state index contributed by atoms with van der Waals surface area (Å²) >= 11 is 0.845. The predicted molar refractivity (Wildman–Crippen MR) is 144 cm³/mol. The minimum absolute atomic E-state index is 0.118. The molecule has 4 amide bonds. The predicted octanol–water partition coefficient (Wildman–Crippen LogP) is 1.12. The molecule has 0 heterocycles. The van der Waals surface area contributed by atoms with Gasteiger partial charge in [0.15, 0.2) is 0 Å². The third-order valence-electron chi connectivity index (χ3n) is 5.90. The van der Waals surface area contributed by atoms with Crippen molar-refractivity contribution in [3.05, 3.63) is 35.9 Å². The van der Waals surface area contributed by atoms with Crippen LogP contribution in [-0.2, 0) is 19.2 Å². The lowest BCUT2D eigenvalue weighted by atomic mass is 9.97. The molecule has 1 aliphatic rings. The van der Waals surface area contributed by atoms with Crippen LogP contribution in [-0.4, -0.2) is 73.3 Å². The van der Waals surface area contributed by atoms with Gasteiger partial charge in [-0.15, -0.1) is 0 Å². The Bertz CT molecular complexity index is 875. The SMILES string of the molecule is O=C(CNC(=O)CNC(=O)CNC(=O)CSC(=O)c1ccccc1)NCCCNC1CCCCCCC1. The zero-order chi connectivity index (χ0) is 26.7. The Morgan fingerprint density at radius 3 is 1.84 bits per heavy atom. The quantitative estimate of drug-likeness (QED) is 0.225. The average molecular weight is 534 g/mol. The standard InChI is InChI=1S/C26H39N5O5S/c32-22(28-15-9-14-27-21-12-7-2-1-3-8-13-21)16-29-23(33)17-30-24(34)18-31-25(35)19-37-26(36)20-10-5-4-6-11-20/h4-6,10-11,21,27H,1-3,7-9,12-19H2,(H,28,32)(H,29,33)(H,30,34)(H,31,35). The molecule has 10 nitrogen and oxygen atoms in total. The second kappa shape index (κ2) is 18.3. The largest absolute Gasteiger partial charge is 0.355 e. The van der Waals surface area contributed by atoms with Crippen LogP contribution in [0.4, 0.5) is 0 Å². The zero-order valence-corrected chi connectivity index (χ0v) is 22.1. The molecule has 5 N–H and O–H groups in total. The van der Waals surface area contributed by atoms with E-state index in [4.69, 9.17) is 0 Å². The summed E-state index contributed by atoms with van der Waals surface area (Å²) in [6, 6.07) is 9.16. The lowest BCUT2D eigenvalue weighted by Gasteiger charge is -2.21. The third-order valence-corrected chi connectivity index (χ3v) is 6.80. The number of hydrogen-bond donors (Lipinski definition) is 5. The van der Waals surface area contributed by atoms with E-state index in [-0.39, 0.29) is 36.4 Å². The first-order valence-corrected chi connectivity index (χ1v) is 13.9. The van der Waals surface area contributed by atoms with Crippen molar-refractivity contribution in [2.24, 2.45) is 0 Å². The summed E-state index contributed by atoms with van der Waals surface area (Å²) in [7, 11) is 0. The molecule has 1 aromatic carbocycles. The van der Waals surface area contributed by atoms with Crippen LogP contribution in [0.15, 0.2) is 30.3 Å². The maximum atomic E-state index is 12.0. The molecule has 1 aromatic rings. The monoisotopic (exact) mass is 533 g/mol. The van der Waals surface area contributed by atoms with Crippen LogP contribution in [0.5, 0.6) is 0 Å².